The predicted molar refractivity (Wildman–Crippen MR) is 97.0 cm³/mol. The lowest BCUT2D eigenvalue weighted by molar-refractivity contribution is 1.11. The number of aromatic nitrogens is 3. The largest absolute Gasteiger partial charge is 0.289 e. The van der Waals surface area contributed by atoms with Crippen LogP contribution in [0.15, 0.2) is 42.0 Å². The van der Waals surface area contributed by atoms with Gasteiger partial charge in [0.25, 0.3) is 0 Å². The molecule has 3 rings (SSSR count). The predicted octanol–water partition coefficient (Wildman–Crippen LogP) is 4.43. The summed E-state index contributed by atoms with van der Waals surface area (Å²) in [7, 11) is 0. The highest BCUT2D eigenvalue weighted by atomic mass is 15.1. The second-order valence-corrected chi connectivity index (χ2v) is 5.72. The molecule has 0 spiro atoms. The van der Waals surface area contributed by atoms with E-state index in [0.29, 0.717) is 0 Å². The summed E-state index contributed by atoms with van der Waals surface area (Å²) in [6.07, 6.45) is 5.21. The molecule has 1 aromatic carbocycles. The Morgan fingerprint density at radius 3 is 2.65 bits per heavy atom. The molecule has 0 aliphatic rings. The molecule has 0 amide bonds. The van der Waals surface area contributed by atoms with E-state index >= 15 is 0 Å². The summed E-state index contributed by atoms with van der Waals surface area (Å²) in [4.78, 5) is 13.5. The molecule has 0 aliphatic carbocycles. The number of aryl methyl sites for hydroxylation is 3. The fourth-order valence-corrected chi connectivity index (χ4v) is 2.88. The van der Waals surface area contributed by atoms with Crippen molar-refractivity contribution < 1.29 is 0 Å². The number of aliphatic imine (C=N–C) groups is 1. The van der Waals surface area contributed by atoms with Crippen LogP contribution in [0.3, 0.4) is 0 Å². The minimum atomic E-state index is 0.925. The summed E-state index contributed by atoms with van der Waals surface area (Å²) in [6, 6.07) is 6.31. The second kappa shape index (κ2) is 5.80. The van der Waals surface area contributed by atoms with Crippen molar-refractivity contribution in [3.63, 3.8) is 0 Å². The van der Waals surface area contributed by atoms with Crippen molar-refractivity contribution in [3.05, 3.63) is 59.8 Å². The molecule has 4 nitrogen and oxygen atoms in total. The lowest BCUT2D eigenvalue weighted by Gasteiger charge is -2.09. The maximum absolute atomic E-state index is 4.78. The van der Waals surface area contributed by atoms with Gasteiger partial charge in [-0.25, -0.2) is 9.97 Å². The van der Waals surface area contributed by atoms with Crippen molar-refractivity contribution in [3.8, 4) is 0 Å². The highest BCUT2D eigenvalue weighted by Crippen LogP contribution is 2.26. The van der Waals surface area contributed by atoms with Gasteiger partial charge in [-0.15, -0.1) is 0 Å². The van der Waals surface area contributed by atoms with E-state index in [1.165, 1.54) is 11.8 Å². The van der Waals surface area contributed by atoms with Gasteiger partial charge in [0.2, 0.25) is 0 Å². The number of imidazole rings is 1. The van der Waals surface area contributed by atoms with Gasteiger partial charge in [0.05, 0.1) is 27.9 Å². The zero-order valence-electron chi connectivity index (χ0n) is 14.0. The molecule has 4 heteroatoms. The van der Waals surface area contributed by atoms with Crippen LogP contribution in [0.2, 0.25) is 0 Å². The Kier molecular flexibility index (Phi) is 3.82. The van der Waals surface area contributed by atoms with Crippen LogP contribution in [0.1, 0.15) is 29.7 Å². The van der Waals surface area contributed by atoms with E-state index in [0.717, 1.165) is 39.3 Å². The molecule has 116 valence electrons. The lowest BCUT2D eigenvalue weighted by Crippen LogP contribution is -1.99. The summed E-state index contributed by atoms with van der Waals surface area (Å²) in [5.74, 6) is 0.925. The van der Waals surface area contributed by atoms with Crippen molar-refractivity contribution in [1.82, 2.24) is 14.4 Å². The number of fused-ring (bicyclic) bond motifs is 3. The molecular weight excluding hydrogens is 284 g/mol. The second-order valence-electron chi connectivity index (χ2n) is 5.72. The van der Waals surface area contributed by atoms with Crippen molar-refractivity contribution in [1.29, 1.82) is 0 Å². The molecule has 3 aromatic rings. The molecule has 0 bridgehead atoms. The normalized spacial score (nSPS) is 12.6. The average Bonchev–Trinajstić information content (AvgIpc) is 2.87. The minimum Gasteiger partial charge on any atom is -0.289 e. The quantitative estimate of drug-likeness (QED) is 0.672. The maximum Gasteiger partial charge on any atom is 0.141 e. The number of benzene rings is 1. The summed E-state index contributed by atoms with van der Waals surface area (Å²) < 4.78 is 2.20. The first-order valence-electron chi connectivity index (χ1n) is 7.60. The van der Waals surface area contributed by atoms with Crippen LogP contribution in [0, 0.1) is 20.8 Å². The summed E-state index contributed by atoms with van der Waals surface area (Å²) in [5, 5.41) is 0. The Labute approximate surface area is 135 Å². The molecule has 0 saturated carbocycles. The van der Waals surface area contributed by atoms with Crippen LogP contribution in [-0.2, 0) is 0 Å². The van der Waals surface area contributed by atoms with Crippen molar-refractivity contribution in [2.75, 3.05) is 0 Å². The van der Waals surface area contributed by atoms with Gasteiger partial charge < -0.3 is 0 Å². The molecule has 0 unspecified atom stereocenters. The van der Waals surface area contributed by atoms with Gasteiger partial charge in [-0.2, -0.15) is 0 Å². The molecule has 23 heavy (non-hydrogen) atoms. The van der Waals surface area contributed by atoms with Crippen LogP contribution < -0.4 is 0 Å². The van der Waals surface area contributed by atoms with Gasteiger partial charge in [-0.3, -0.25) is 9.39 Å². The third kappa shape index (κ3) is 2.57. The van der Waals surface area contributed by atoms with Crippen LogP contribution in [0.25, 0.3) is 22.1 Å². The van der Waals surface area contributed by atoms with Crippen molar-refractivity contribution in [2.45, 2.75) is 27.7 Å². The number of allylic oxidation sites excluding steroid dienone is 2. The SMILES string of the molecule is C=CN=C/C=C(\C)c1nc(C)c2c(C)nc3ccc(C)cc3n12. The highest BCUT2D eigenvalue weighted by Gasteiger charge is 2.15. The van der Waals surface area contributed by atoms with Gasteiger partial charge in [0, 0.05) is 12.4 Å². The minimum absolute atomic E-state index is 0.925. The van der Waals surface area contributed by atoms with Gasteiger partial charge >= 0.3 is 0 Å². The fraction of sp³-hybridized carbons (Fsp3) is 0.211. The molecule has 2 aromatic heterocycles. The molecule has 0 N–H and O–H groups in total. The van der Waals surface area contributed by atoms with Gasteiger partial charge in [-0.1, -0.05) is 12.6 Å². The Morgan fingerprint density at radius 1 is 1.17 bits per heavy atom. The van der Waals surface area contributed by atoms with E-state index in [2.05, 4.69) is 41.1 Å². The zero-order valence-corrected chi connectivity index (χ0v) is 14.0. The summed E-state index contributed by atoms with van der Waals surface area (Å²) >= 11 is 0. The standard InChI is InChI=1S/C19H20N4/c1-6-20-10-9-13(3)19-22-15(5)18-14(4)21-16-8-7-12(2)11-17(16)23(18)19/h6-11H,1H2,2-5H3/b13-9+,20-10?. The Morgan fingerprint density at radius 2 is 1.91 bits per heavy atom. The van der Waals surface area contributed by atoms with E-state index in [9.17, 15) is 0 Å². The van der Waals surface area contributed by atoms with Crippen LogP contribution in [-0.4, -0.2) is 20.6 Å². The molecule has 0 aliphatic heterocycles. The van der Waals surface area contributed by atoms with E-state index in [-0.39, 0.29) is 0 Å². The lowest BCUT2D eigenvalue weighted by atomic mass is 10.2. The number of hydrogen-bond acceptors (Lipinski definition) is 3. The average molecular weight is 304 g/mol. The zero-order chi connectivity index (χ0) is 16.6. The Bertz CT molecular complexity index is 974. The summed E-state index contributed by atoms with van der Waals surface area (Å²) in [5.41, 5.74) is 7.36. The first-order chi connectivity index (χ1) is 11.0. The van der Waals surface area contributed by atoms with E-state index in [1.807, 2.05) is 26.8 Å². The molecule has 0 fully saturated rings. The Balaban J connectivity index is 2.41. The van der Waals surface area contributed by atoms with Crippen LogP contribution in [0.4, 0.5) is 0 Å². The molecular formula is C19H20N4. The molecule has 0 saturated heterocycles. The van der Waals surface area contributed by atoms with Gasteiger partial charge in [-0.05, 0) is 57.0 Å². The van der Waals surface area contributed by atoms with E-state index < -0.39 is 0 Å². The van der Waals surface area contributed by atoms with Gasteiger partial charge in [0.1, 0.15) is 5.82 Å². The smallest absolute Gasteiger partial charge is 0.141 e. The highest BCUT2D eigenvalue weighted by molar-refractivity contribution is 5.87. The number of nitrogens with zero attached hydrogens (tertiary/aromatic N) is 4. The third-order valence-corrected chi connectivity index (χ3v) is 3.92. The molecule has 0 atom stereocenters. The topological polar surface area (TPSA) is 42.5 Å². The van der Waals surface area contributed by atoms with Crippen molar-refractivity contribution >= 4 is 28.3 Å². The number of rotatable bonds is 3. The van der Waals surface area contributed by atoms with Crippen molar-refractivity contribution in [2.24, 2.45) is 4.99 Å². The van der Waals surface area contributed by atoms with Crippen LogP contribution >= 0.6 is 0 Å². The van der Waals surface area contributed by atoms with E-state index in [4.69, 9.17) is 9.97 Å². The first-order valence-corrected chi connectivity index (χ1v) is 7.60. The monoisotopic (exact) mass is 304 g/mol. The summed E-state index contributed by atoms with van der Waals surface area (Å²) in [6.45, 7) is 11.8. The van der Waals surface area contributed by atoms with Gasteiger partial charge in [0.15, 0.2) is 0 Å². The fourth-order valence-electron chi connectivity index (χ4n) is 2.88. The van der Waals surface area contributed by atoms with Crippen LogP contribution in [0.5, 0.6) is 0 Å². The number of hydrogen-bond donors (Lipinski definition) is 0. The third-order valence-electron chi connectivity index (χ3n) is 3.92. The molecule has 0 radical (unpaired) electrons. The van der Waals surface area contributed by atoms with E-state index in [1.54, 1.807) is 6.21 Å². The maximum atomic E-state index is 4.78. The first kappa shape index (κ1) is 15.2. The Hall–Kier alpha value is -2.75. The molecule has 2 heterocycles.